The molecular formula is C15H15F3N4O. The smallest absolute Gasteiger partial charge is 0.271 e. The fourth-order valence-corrected chi connectivity index (χ4v) is 2.05. The lowest BCUT2D eigenvalue weighted by molar-refractivity contribution is -0.137. The molecule has 0 atom stereocenters. The Bertz CT molecular complexity index is 735. The van der Waals surface area contributed by atoms with Crippen molar-refractivity contribution >= 4 is 12.1 Å². The first-order valence-electron chi connectivity index (χ1n) is 6.76. The molecular weight excluding hydrogens is 309 g/mol. The third-order valence-electron chi connectivity index (χ3n) is 3.06. The average Bonchev–Trinajstić information content (AvgIpc) is 2.76. The molecule has 8 heteroatoms. The lowest BCUT2D eigenvalue weighted by atomic mass is 10.1. The molecule has 23 heavy (non-hydrogen) atoms. The molecule has 122 valence electrons. The van der Waals surface area contributed by atoms with Gasteiger partial charge in [-0.2, -0.15) is 23.4 Å². The zero-order chi connectivity index (χ0) is 17.0. The van der Waals surface area contributed by atoms with Crippen LogP contribution in [0.2, 0.25) is 0 Å². The Hall–Kier alpha value is -2.64. The number of hydrogen-bond donors (Lipinski definition) is 1. The lowest BCUT2D eigenvalue weighted by Crippen LogP contribution is -2.24. The van der Waals surface area contributed by atoms with Crippen molar-refractivity contribution in [3.8, 4) is 0 Å². The van der Waals surface area contributed by atoms with E-state index >= 15 is 0 Å². The quantitative estimate of drug-likeness (QED) is 0.694. The second-order valence-electron chi connectivity index (χ2n) is 4.96. The van der Waals surface area contributed by atoms with E-state index in [-0.39, 0.29) is 12.1 Å². The maximum Gasteiger partial charge on any atom is 0.417 e. The Labute approximate surface area is 130 Å². The van der Waals surface area contributed by atoms with E-state index in [0.717, 1.165) is 23.7 Å². The topological polar surface area (TPSA) is 59.3 Å². The highest BCUT2D eigenvalue weighted by atomic mass is 19.4. The van der Waals surface area contributed by atoms with Crippen LogP contribution in [0.3, 0.4) is 0 Å². The molecule has 1 aromatic heterocycles. The van der Waals surface area contributed by atoms with Crippen molar-refractivity contribution in [1.29, 1.82) is 0 Å². The summed E-state index contributed by atoms with van der Waals surface area (Å²) in [6.45, 7) is 3.54. The number of alkyl halides is 3. The number of hydrogen-bond acceptors (Lipinski definition) is 3. The highest BCUT2D eigenvalue weighted by Crippen LogP contribution is 2.30. The van der Waals surface area contributed by atoms with E-state index in [4.69, 9.17) is 0 Å². The van der Waals surface area contributed by atoms with E-state index in [9.17, 15) is 18.0 Å². The number of rotatable bonds is 4. The van der Waals surface area contributed by atoms with Crippen molar-refractivity contribution in [3.63, 3.8) is 0 Å². The Morgan fingerprint density at radius 2 is 2.04 bits per heavy atom. The van der Waals surface area contributed by atoms with Gasteiger partial charge in [0.1, 0.15) is 6.54 Å². The molecule has 1 heterocycles. The van der Waals surface area contributed by atoms with Gasteiger partial charge in [-0.3, -0.25) is 9.48 Å². The summed E-state index contributed by atoms with van der Waals surface area (Å²) in [5.41, 5.74) is 2.85. The minimum Gasteiger partial charge on any atom is -0.271 e. The van der Waals surface area contributed by atoms with Crippen LogP contribution in [0.1, 0.15) is 22.5 Å². The van der Waals surface area contributed by atoms with Crippen LogP contribution in [-0.2, 0) is 17.5 Å². The summed E-state index contributed by atoms with van der Waals surface area (Å²) >= 11 is 0. The van der Waals surface area contributed by atoms with E-state index < -0.39 is 17.6 Å². The van der Waals surface area contributed by atoms with Gasteiger partial charge in [-0.15, -0.1) is 0 Å². The number of hydrazone groups is 1. The minimum atomic E-state index is -4.48. The Kier molecular flexibility index (Phi) is 4.83. The maximum absolute atomic E-state index is 12.8. The summed E-state index contributed by atoms with van der Waals surface area (Å²) in [4.78, 5) is 11.7. The predicted molar refractivity (Wildman–Crippen MR) is 78.9 cm³/mol. The second-order valence-corrected chi connectivity index (χ2v) is 4.96. The SMILES string of the molecule is Cc1cc(C)n(CC(=O)N/N=C\c2ccccc2C(F)(F)F)n1. The van der Waals surface area contributed by atoms with E-state index in [0.29, 0.717) is 0 Å². The van der Waals surface area contributed by atoms with Crippen LogP contribution in [0.4, 0.5) is 13.2 Å². The minimum absolute atomic E-state index is 0.0576. The molecule has 0 spiro atoms. The van der Waals surface area contributed by atoms with E-state index in [1.807, 2.05) is 6.07 Å². The molecule has 0 radical (unpaired) electrons. The Balaban J connectivity index is 2.02. The zero-order valence-corrected chi connectivity index (χ0v) is 12.6. The fourth-order valence-electron chi connectivity index (χ4n) is 2.05. The standard InChI is InChI=1S/C15H15F3N4O/c1-10-7-11(2)22(21-10)9-14(23)20-19-8-12-5-3-4-6-13(12)15(16,17)18/h3-8H,9H2,1-2H3,(H,20,23)/b19-8-. The van der Waals surface area contributed by atoms with Crippen LogP contribution in [0, 0.1) is 13.8 Å². The van der Waals surface area contributed by atoms with Gasteiger partial charge < -0.3 is 0 Å². The molecule has 0 aliphatic rings. The van der Waals surface area contributed by atoms with Gasteiger partial charge >= 0.3 is 6.18 Å². The number of amides is 1. The normalized spacial score (nSPS) is 11.9. The van der Waals surface area contributed by atoms with Gasteiger partial charge in [-0.1, -0.05) is 18.2 Å². The molecule has 0 saturated carbocycles. The number of aromatic nitrogens is 2. The van der Waals surface area contributed by atoms with Gasteiger partial charge in [-0.05, 0) is 26.0 Å². The molecule has 0 unspecified atom stereocenters. The van der Waals surface area contributed by atoms with Gasteiger partial charge in [-0.25, -0.2) is 5.43 Å². The fraction of sp³-hybridized carbons (Fsp3) is 0.267. The molecule has 2 rings (SSSR count). The number of nitrogens with zero attached hydrogens (tertiary/aromatic N) is 3. The third kappa shape index (κ3) is 4.41. The number of nitrogens with one attached hydrogen (secondary N) is 1. The maximum atomic E-state index is 12.8. The summed E-state index contributed by atoms with van der Waals surface area (Å²) < 4.78 is 39.9. The second kappa shape index (κ2) is 6.64. The molecule has 0 saturated heterocycles. The molecule has 0 fully saturated rings. The number of benzene rings is 1. The summed E-state index contributed by atoms with van der Waals surface area (Å²) in [6, 6.07) is 6.81. The molecule has 1 amide bonds. The van der Waals surface area contributed by atoms with Crippen molar-refractivity contribution in [3.05, 3.63) is 52.8 Å². The number of carbonyl (C=O) groups excluding carboxylic acids is 1. The van der Waals surface area contributed by atoms with E-state index in [2.05, 4.69) is 15.6 Å². The monoisotopic (exact) mass is 324 g/mol. The summed E-state index contributed by atoms with van der Waals surface area (Å²) in [5, 5.41) is 7.70. The molecule has 2 aromatic rings. The average molecular weight is 324 g/mol. The van der Waals surface area contributed by atoms with Crippen LogP contribution in [-0.4, -0.2) is 21.9 Å². The first-order valence-corrected chi connectivity index (χ1v) is 6.76. The molecule has 0 aliphatic heterocycles. The Morgan fingerprint density at radius 3 is 2.65 bits per heavy atom. The van der Waals surface area contributed by atoms with E-state index in [1.165, 1.54) is 22.9 Å². The number of halogens is 3. The van der Waals surface area contributed by atoms with Crippen LogP contribution in [0.5, 0.6) is 0 Å². The number of aryl methyl sites for hydroxylation is 2. The molecule has 1 aromatic carbocycles. The van der Waals surface area contributed by atoms with Gasteiger partial charge in [0, 0.05) is 11.3 Å². The van der Waals surface area contributed by atoms with Crippen LogP contribution >= 0.6 is 0 Å². The highest BCUT2D eigenvalue weighted by Gasteiger charge is 2.32. The van der Waals surface area contributed by atoms with Gasteiger partial charge in [0.2, 0.25) is 0 Å². The predicted octanol–water partition coefficient (Wildman–Crippen LogP) is 2.67. The zero-order valence-electron chi connectivity index (χ0n) is 12.6. The molecule has 0 bridgehead atoms. The first-order chi connectivity index (χ1) is 10.8. The largest absolute Gasteiger partial charge is 0.417 e. The lowest BCUT2D eigenvalue weighted by Gasteiger charge is -2.09. The Morgan fingerprint density at radius 1 is 1.35 bits per heavy atom. The van der Waals surface area contributed by atoms with Crippen molar-refractivity contribution in [2.75, 3.05) is 0 Å². The summed E-state index contributed by atoms with van der Waals surface area (Å²) in [7, 11) is 0. The third-order valence-corrected chi connectivity index (χ3v) is 3.06. The van der Waals surface area contributed by atoms with Gasteiger partial charge in [0.05, 0.1) is 17.5 Å². The van der Waals surface area contributed by atoms with Crippen LogP contribution < -0.4 is 5.43 Å². The highest BCUT2D eigenvalue weighted by molar-refractivity contribution is 5.84. The van der Waals surface area contributed by atoms with Crippen molar-refractivity contribution in [1.82, 2.24) is 15.2 Å². The van der Waals surface area contributed by atoms with E-state index in [1.54, 1.807) is 13.8 Å². The van der Waals surface area contributed by atoms with Crippen molar-refractivity contribution in [2.24, 2.45) is 5.10 Å². The van der Waals surface area contributed by atoms with Crippen LogP contribution in [0.15, 0.2) is 35.4 Å². The molecule has 0 aliphatic carbocycles. The summed E-state index contributed by atoms with van der Waals surface area (Å²) in [6.07, 6.45) is -3.50. The van der Waals surface area contributed by atoms with Crippen LogP contribution in [0.25, 0.3) is 0 Å². The van der Waals surface area contributed by atoms with Gasteiger partial charge in [0.25, 0.3) is 5.91 Å². The molecule has 5 nitrogen and oxygen atoms in total. The number of carbonyl (C=O) groups is 1. The van der Waals surface area contributed by atoms with Gasteiger partial charge in [0.15, 0.2) is 0 Å². The first kappa shape index (κ1) is 16.7. The van der Waals surface area contributed by atoms with Crippen molar-refractivity contribution in [2.45, 2.75) is 26.6 Å². The van der Waals surface area contributed by atoms with Crippen molar-refractivity contribution < 1.29 is 18.0 Å². The summed E-state index contributed by atoms with van der Waals surface area (Å²) in [5.74, 6) is -0.475. The molecule has 1 N–H and O–H groups in total.